The van der Waals surface area contributed by atoms with E-state index in [4.69, 9.17) is 19.7 Å². The van der Waals surface area contributed by atoms with Gasteiger partial charge in [-0.2, -0.15) is 0 Å². The number of aliphatic hydroxyl groups is 2. The number of hydrogen-bond acceptors (Lipinski definition) is 5. The van der Waals surface area contributed by atoms with Gasteiger partial charge in [0.15, 0.2) is 0 Å². The van der Waals surface area contributed by atoms with E-state index in [1.807, 2.05) is 30.3 Å². The molecule has 2 aromatic rings. The molecular formula is C19H23NO5. The number of hydrogen-bond donors (Lipinski definition) is 3. The van der Waals surface area contributed by atoms with Crippen LogP contribution in [0.4, 0.5) is 10.5 Å². The standard InChI is InChI=1S/C19H23NO5/c21-12-4-7-18(15-8-10-17(11-9-15)24-14-13-22)25-19(23)20-16-5-2-1-3-6-16/h1-3,5-6,8-11,18,21-22H,4,7,12-14H2,(H,20,23)/t18-/m1/s1. The Bertz CT molecular complexity index is 630. The fraction of sp³-hybridized carbons (Fsp3) is 0.316. The van der Waals surface area contributed by atoms with Crippen LogP contribution in [0.3, 0.4) is 0 Å². The van der Waals surface area contributed by atoms with Gasteiger partial charge in [0, 0.05) is 12.3 Å². The number of carbonyl (C=O) groups excluding carboxylic acids is 1. The molecule has 0 saturated heterocycles. The van der Waals surface area contributed by atoms with Gasteiger partial charge in [0.05, 0.1) is 6.61 Å². The van der Waals surface area contributed by atoms with Crippen molar-refractivity contribution >= 4 is 11.8 Å². The average Bonchev–Trinajstić information content (AvgIpc) is 2.64. The first-order chi connectivity index (χ1) is 12.2. The number of para-hydroxylation sites is 1. The van der Waals surface area contributed by atoms with Gasteiger partial charge in [0.25, 0.3) is 0 Å². The SMILES string of the molecule is O=C(Nc1ccccc1)O[C@H](CCCO)c1ccc(OCCO)cc1. The highest BCUT2D eigenvalue weighted by molar-refractivity contribution is 5.84. The Morgan fingerprint density at radius 1 is 1.00 bits per heavy atom. The molecule has 0 saturated carbocycles. The fourth-order valence-electron chi connectivity index (χ4n) is 2.31. The van der Waals surface area contributed by atoms with Gasteiger partial charge in [-0.3, -0.25) is 5.32 Å². The molecule has 0 aliphatic carbocycles. The van der Waals surface area contributed by atoms with Crippen molar-refractivity contribution in [3.63, 3.8) is 0 Å². The second kappa shape index (κ2) is 10.3. The third-order valence-corrected chi connectivity index (χ3v) is 3.51. The summed E-state index contributed by atoms with van der Waals surface area (Å²) in [5.74, 6) is 0.632. The van der Waals surface area contributed by atoms with Gasteiger partial charge >= 0.3 is 6.09 Å². The van der Waals surface area contributed by atoms with Crippen LogP contribution in [0.15, 0.2) is 54.6 Å². The summed E-state index contributed by atoms with van der Waals surface area (Å²) in [5, 5.41) is 20.5. The summed E-state index contributed by atoms with van der Waals surface area (Å²) in [5.41, 5.74) is 1.47. The van der Waals surface area contributed by atoms with Crippen LogP contribution in [0.25, 0.3) is 0 Å². The van der Waals surface area contributed by atoms with E-state index in [1.165, 1.54) is 0 Å². The van der Waals surface area contributed by atoms with Gasteiger partial charge in [-0.15, -0.1) is 0 Å². The third kappa shape index (κ3) is 6.45. The molecule has 0 radical (unpaired) electrons. The highest BCUT2D eigenvalue weighted by atomic mass is 16.6. The maximum absolute atomic E-state index is 12.1. The number of ether oxygens (including phenoxy) is 2. The molecule has 0 heterocycles. The van der Waals surface area contributed by atoms with Crippen LogP contribution in [-0.2, 0) is 4.74 Å². The van der Waals surface area contributed by atoms with Crippen molar-refractivity contribution in [1.29, 1.82) is 0 Å². The van der Waals surface area contributed by atoms with Crippen LogP contribution in [-0.4, -0.2) is 36.1 Å². The zero-order valence-electron chi connectivity index (χ0n) is 13.9. The first-order valence-electron chi connectivity index (χ1n) is 8.20. The lowest BCUT2D eigenvalue weighted by Gasteiger charge is -2.19. The summed E-state index contributed by atoms with van der Waals surface area (Å²) < 4.78 is 10.8. The Morgan fingerprint density at radius 3 is 2.36 bits per heavy atom. The lowest BCUT2D eigenvalue weighted by atomic mass is 10.0. The second-order valence-electron chi connectivity index (χ2n) is 5.39. The monoisotopic (exact) mass is 345 g/mol. The number of carbonyl (C=O) groups is 1. The quantitative estimate of drug-likeness (QED) is 0.650. The zero-order valence-corrected chi connectivity index (χ0v) is 13.9. The fourth-order valence-corrected chi connectivity index (χ4v) is 2.31. The van der Waals surface area contributed by atoms with Crippen molar-refractivity contribution in [3.8, 4) is 5.75 Å². The summed E-state index contributed by atoms with van der Waals surface area (Å²) in [6.45, 7) is 0.199. The Labute approximate surface area is 147 Å². The Hall–Kier alpha value is -2.57. The highest BCUT2D eigenvalue weighted by Crippen LogP contribution is 2.25. The van der Waals surface area contributed by atoms with Crippen LogP contribution in [0.1, 0.15) is 24.5 Å². The van der Waals surface area contributed by atoms with Gasteiger partial charge in [-0.1, -0.05) is 30.3 Å². The van der Waals surface area contributed by atoms with Crippen molar-refractivity contribution in [1.82, 2.24) is 0 Å². The number of benzene rings is 2. The maximum Gasteiger partial charge on any atom is 0.412 e. The molecule has 0 aromatic heterocycles. The van der Waals surface area contributed by atoms with Crippen LogP contribution in [0.2, 0.25) is 0 Å². The lowest BCUT2D eigenvalue weighted by molar-refractivity contribution is 0.0994. The van der Waals surface area contributed by atoms with Gasteiger partial charge in [-0.25, -0.2) is 4.79 Å². The van der Waals surface area contributed by atoms with E-state index < -0.39 is 12.2 Å². The van der Waals surface area contributed by atoms with Gasteiger partial charge < -0.3 is 19.7 Å². The largest absolute Gasteiger partial charge is 0.491 e. The Morgan fingerprint density at radius 2 is 1.72 bits per heavy atom. The molecule has 1 amide bonds. The van der Waals surface area contributed by atoms with E-state index in [0.29, 0.717) is 24.3 Å². The predicted octanol–water partition coefficient (Wildman–Crippen LogP) is 3.12. The van der Waals surface area contributed by atoms with Crippen molar-refractivity contribution in [2.24, 2.45) is 0 Å². The third-order valence-electron chi connectivity index (χ3n) is 3.51. The molecule has 0 aliphatic heterocycles. The minimum Gasteiger partial charge on any atom is -0.491 e. The van der Waals surface area contributed by atoms with E-state index in [-0.39, 0.29) is 19.8 Å². The maximum atomic E-state index is 12.1. The van der Waals surface area contributed by atoms with E-state index in [1.54, 1.807) is 24.3 Å². The van der Waals surface area contributed by atoms with Crippen LogP contribution >= 0.6 is 0 Å². The Kier molecular flexibility index (Phi) is 7.75. The predicted molar refractivity (Wildman–Crippen MR) is 94.6 cm³/mol. The van der Waals surface area contributed by atoms with Crippen LogP contribution in [0, 0.1) is 0 Å². The molecule has 3 N–H and O–H groups in total. The molecule has 0 aliphatic rings. The lowest BCUT2D eigenvalue weighted by Crippen LogP contribution is -2.18. The molecule has 0 spiro atoms. The van der Waals surface area contributed by atoms with Gasteiger partial charge in [-0.05, 0) is 42.7 Å². The molecular weight excluding hydrogens is 322 g/mol. The molecule has 0 bridgehead atoms. The number of anilines is 1. The summed E-state index contributed by atoms with van der Waals surface area (Å²) >= 11 is 0. The first-order valence-corrected chi connectivity index (χ1v) is 8.20. The van der Waals surface area contributed by atoms with Crippen LogP contribution in [0.5, 0.6) is 5.75 Å². The number of rotatable bonds is 9. The Balaban J connectivity index is 2.00. The summed E-state index contributed by atoms with van der Waals surface area (Å²) in [4.78, 5) is 12.1. The molecule has 6 nitrogen and oxygen atoms in total. The van der Waals surface area contributed by atoms with E-state index >= 15 is 0 Å². The van der Waals surface area contributed by atoms with E-state index in [9.17, 15) is 4.79 Å². The minimum atomic E-state index is -0.547. The van der Waals surface area contributed by atoms with Crippen molar-refractivity contribution in [3.05, 3.63) is 60.2 Å². The molecule has 6 heteroatoms. The number of aliphatic hydroxyl groups excluding tert-OH is 2. The van der Waals surface area contributed by atoms with Crippen LogP contribution < -0.4 is 10.1 Å². The van der Waals surface area contributed by atoms with Gasteiger partial charge in [0.2, 0.25) is 0 Å². The first kappa shape index (κ1) is 18.8. The molecule has 134 valence electrons. The zero-order chi connectivity index (χ0) is 17.9. The minimum absolute atomic E-state index is 0.0257. The summed E-state index contributed by atoms with van der Waals surface area (Å²) in [7, 11) is 0. The molecule has 1 atom stereocenters. The van der Waals surface area contributed by atoms with E-state index in [0.717, 1.165) is 5.56 Å². The summed E-state index contributed by atoms with van der Waals surface area (Å²) in [6, 6.07) is 16.2. The number of nitrogens with one attached hydrogen (secondary N) is 1. The average molecular weight is 345 g/mol. The topological polar surface area (TPSA) is 88.0 Å². The van der Waals surface area contributed by atoms with Gasteiger partial charge in [0.1, 0.15) is 18.5 Å². The molecule has 25 heavy (non-hydrogen) atoms. The molecule has 2 aromatic carbocycles. The molecule has 0 unspecified atom stereocenters. The second-order valence-corrected chi connectivity index (χ2v) is 5.39. The van der Waals surface area contributed by atoms with Crippen molar-refractivity contribution < 1.29 is 24.5 Å². The van der Waals surface area contributed by atoms with Crippen molar-refractivity contribution in [2.75, 3.05) is 25.1 Å². The normalized spacial score (nSPS) is 11.6. The molecule has 2 rings (SSSR count). The number of amides is 1. The van der Waals surface area contributed by atoms with E-state index in [2.05, 4.69) is 5.32 Å². The smallest absolute Gasteiger partial charge is 0.412 e. The highest BCUT2D eigenvalue weighted by Gasteiger charge is 2.17. The summed E-state index contributed by atoms with van der Waals surface area (Å²) in [6.07, 6.45) is 0.0132. The van der Waals surface area contributed by atoms with Crippen molar-refractivity contribution in [2.45, 2.75) is 18.9 Å². The molecule has 0 fully saturated rings.